The van der Waals surface area contributed by atoms with Crippen molar-refractivity contribution in [1.29, 1.82) is 0 Å². The maximum Gasteiger partial charge on any atom is 0.220 e. The molecule has 1 N–H and O–H groups in total. The lowest BCUT2D eigenvalue weighted by Crippen LogP contribution is -2.26. The van der Waals surface area contributed by atoms with Crippen LogP contribution in [0.4, 0.5) is 0 Å². The zero-order valence-electron chi connectivity index (χ0n) is 16.6. The summed E-state index contributed by atoms with van der Waals surface area (Å²) >= 11 is 0. The Balaban J connectivity index is 1.66. The van der Waals surface area contributed by atoms with Gasteiger partial charge in [-0.3, -0.25) is 9.59 Å². The number of hydrogen-bond donors (Lipinski definition) is 1. The van der Waals surface area contributed by atoms with Crippen molar-refractivity contribution < 1.29 is 22.7 Å². The number of benzene rings is 2. The van der Waals surface area contributed by atoms with Crippen LogP contribution in [0.25, 0.3) is 0 Å². The van der Waals surface area contributed by atoms with Crippen molar-refractivity contribution in [2.24, 2.45) is 0 Å². The SMILES string of the molecule is CCOc1ccc(C(=O)CCC(=O)NCCCS(=O)(=O)Cc2ccccc2)cc1. The molecule has 7 heteroatoms. The summed E-state index contributed by atoms with van der Waals surface area (Å²) in [6, 6.07) is 15.8. The Bertz CT molecular complexity index is 893. The van der Waals surface area contributed by atoms with Gasteiger partial charge in [-0.25, -0.2) is 8.42 Å². The van der Waals surface area contributed by atoms with E-state index in [-0.39, 0.29) is 42.6 Å². The van der Waals surface area contributed by atoms with Crippen LogP contribution in [0.5, 0.6) is 5.75 Å². The molecule has 2 aromatic carbocycles. The zero-order valence-corrected chi connectivity index (χ0v) is 17.4. The molecular formula is C22H27NO5S. The highest BCUT2D eigenvalue weighted by Crippen LogP contribution is 2.14. The first kappa shape index (κ1) is 22.6. The number of carbonyl (C=O) groups excluding carboxylic acids is 2. The van der Waals surface area contributed by atoms with Gasteiger partial charge < -0.3 is 10.1 Å². The lowest BCUT2D eigenvalue weighted by Gasteiger charge is -2.07. The van der Waals surface area contributed by atoms with Gasteiger partial charge in [0.05, 0.1) is 18.1 Å². The first-order chi connectivity index (χ1) is 13.9. The Morgan fingerprint density at radius 1 is 0.966 bits per heavy atom. The van der Waals surface area contributed by atoms with Crippen molar-refractivity contribution in [2.45, 2.75) is 31.9 Å². The van der Waals surface area contributed by atoms with E-state index in [0.29, 0.717) is 24.3 Å². The van der Waals surface area contributed by atoms with Crippen LogP contribution in [0.15, 0.2) is 54.6 Å². The quantitative estimate of drug-likeness (QED) is 0.423. The molecule has 0 unspecified atom stereocenters. The maximum atomic E-state index is 12.2. The van der Waals surface area contributed by atoms with E-state index < -0.39 is 9.84 Å². The molecule has 1 amide bonds. The first-order valence-electron chi connectivity index (χ1n) is 9.67. The molecule has 0 aromatic heterocycles. The predicted octanol–water partition coefficient (Wildman–Crippen LogP) is 3.17. The standard InChI is InChI=1S/C22H27NO5S/c1-2-28-20-11-9-19(10-12-20)21(24)13-14-22(25)23-15-6-16-29(26,27)17-18-7-4-3-5-8-18/h3-5,7-12H,2,6,13-17H2,1H3,(H,23,25). The van der Waals surface area contributed by atoms with E-state index in [1.54, 1.807) is 48.5 Å². The van der Waals surface area contributed by atoms with Crippen LogP contribution in [0.3, 0.4) is 0 Å². The van der Waals surface area contributed by atoms with Gasteiger partial charge in [-0.05, 0) is 43.2 Å². The van der Waals surface area contributed by atoms with Gasteiger partial charge in [-0.2, -0.15) is 0 Å². The van der Waals surface area contributed by atoms with Gasteiger partial charge in [0.1, 0.15) is 5.75 Å². The number of hydrogen-bond acceptors (Lipinski definition) is 5. The van der Waals surface area contributed by atoms with Crippen LogP contribution < -0.4 is 10.1 Å². The zero-order chi connectivity index (χ0) is 21.1. The Morgan fingerprint density at radius 2 is 1.66 bits per heavy atom. The summed E-state index contributed by atoms with van der Waals surface area (Å²) in [5.41, 5.74) is 1.29. The molecule has 0 bridgehead atoms. The average molecular weight is 418 g/mol. The Labute approximate surface area is 172 Å². The minimum absolute atomic E-state index is 0.00161. The second kappa shape index (κ2) is 11.4. The van der Waals surface area contributed by atoms with E-state index in [9.17, 15) is 18.0 Å². The number of nitrogens with one attached hydrogen (secondary N) is 1. The fourth-order valence-corrected chi connectivity index (χ4v) is 4.21. The van der Waals surface area contributed by atoms with Crippen molar-refractivity contribution >= 4 is 21.5 Å². The lowest BCUT2D eigenvalue weighted by molar-refractivity contribution is -0.121. The van der Waals surface area contributed by atoms with Gasteiger partial charge >= 0.3 is 0 Å². The molecule has 0 aliphatic heterocycles. The van der Waals surface area contributed by atoms with Crippen LogP contribution in [-0.2, 0) is 20.4 Å². The fraction of sp³-hybridized carbons (Fsp3) is 0.364. The number of amides is 1. The Kier molecular flexibility index (Phi) is 8.86. The maximum absolute atomic E-state index is 12.2. The molecule has 2 rings (SSSR count). The third-order valence-corrected chi connectivity index (χ3v) is 5.93. The number of ether oxygens (including phenoxy) is 1. The molecule has 0 spiro atoms. The average Bonchev–Trinajstić information content (AvgIpc) is 2.70. The van der Waals surface area contributed by atoms with Gasteiger partial charge in [0.25, 0.3) is 0 Å². The topological polar surface area (TPSA) is 89.5 Å². The second-order valence-corrected chi connectivity index (χ2v) is 8.85. The molecule has 0 saturated heterocycles. The molecular weight excluding hydrogens is 390 g/mol. The van der Waals surface area contributed by atoms with Crippen LogP contribution in [0, 0.1) is 0 Å². The van der Waals surface area contributed by atoms with Crippen molar-refractivity contribution in [1.82, 2.24) is 5.32 Å². The third kappa shape index (κ3) is 8.48. The summed E-state index contributed by atoms with van der Waals surface area (Å²) in [4.78, 5) is 24.1. The minimum atomic E-state index is -3.22. The molecule has 0 fully saturated rings. The molecule has 156 valence electrons. The predicted molar refractivity (Wildman–Crippen MR) is 113 cm³/mol. The van der Waals surface area contributed by atoms with Crippen LogP contribution in [-0.4, -0.2) is 39.0 Å². The molecule has 0 radical (unpaired) electrons. The molecule has 0 aliphatic rings. The lowest BCUT2D eigenvalue weighted by atomic mass is 10.1. The molecule has 2 aromatic rings. The number of carbonyl (C=O) groups is 2. The summed E-state index contributed by atoms with van der Waals surface area (Å²) in [7, 11) is -3.22. The largest absolute Gasteiger partial charge is 0.494 e. The van der Waals surface area contributed by atoms with Gasteiger partial charge in [0, 0.05) is 24.9 Å². The Hall–Kier alpha value is -2.67. The summed E-state index contributed by atoms with van der Waals surface area (Å²) in [5.74, 6) is 0.327. The monoisotopic (exact) mass is 417 g/mol. The third-order valence-electron chi connectivity index (χ3n) is 4.25. The van der Waals surface area contributed by atoms with Crippen molar-refractivity contribution in [3.8, 4) is 5.75 Å². The summed E-state index contributed by atoms with van der Waals surface area (Å²) in [6.07, 6.45) is 0.517. The number of ketones is 1. The molecule has 0 saturated carbocycles. The van der Waals surface area contributed by atoms with E-state index in [1.165, 1.54) is 0 Å². The molecule has 0 atom stereocenters. The molecule has 0 aliphatic carbocycles. The summed E-state index contributed by atoms with van der Waals surface area (Å²) in [6.45, 7) is 2.71. The van der Waals surface area contributed by atoms with Crippen LogP contribution in [0.2, 0.25) is 0 Å². The van der Waals surface area contributed by atoms with Crippen molar-refractivity contribution in [3.05, 3.63) is 65.7 Å². The highest BCUT2D eigenvalue weighted by molar-refractivity contribution is 7.90. The first-order valence-corrected chi connectivity index (χ1v) is 11.5. The number of sulfone groups is 1. The van der Waals surface area contributed by atoms with E-state index in [2.05, 4.69) is 5.32 Å². The van der Waals surface area contributed by atoms with Crippen molar-refractivity contribution in [2.75, 3.05) is 18.9 Å². The van der Waals surface area contributed by atoms with E-state index in [1.807, 2.05) is 13.0 Å². The highest BCUT2D eigenvalue weighted by Gasteiger charge is 2.13. The summed E-state index contributed by atoms with van der Waals surface area (Å²) in [5, 5.41) is 2.68. The Morgan fingerprint density at radius 3 is 2.31 bits per heavy atom. The number of rotatable bonds is 12. The second-order valence-electron chi connectivity index (χ2n) is 6.66. The van der Waals surface area contributed by atoms with Gasteiger partial charge in [0.2, 0.25) is 5.91 Å². The smallest absolute Gasteiger partial charge is 0.220 e. The van der Waals surface area contributed by atoms with E-state index >= 15 is 0 Å². The molecule has 0 heterocycles. The summed E-state index contributed by atoms with van der Waals surface area (Å²) < 4.78 is 29.6. The fourth-order valence-electron chi connectivity index (χ4n) is 2.78. The minimum Gasteiger partial charge on any atom is -0.494 e. The van der Waals surface area contributed by atoms with Gasteiger partial charge in [-0.15, -0.1) is 0 Å². The normalized spacial score (nSPS) is 11.1. The van der Waals surface area contributed by atoms with Gasteiger partial charge in [0.15, 0.2) is 15.6 Å². The van der Waals surface area contributed by atoms with Crippen LogP contribution in [0.1, 0.15) is 42.1 Å². The molecule has 6 nitrogen and oxygen atoms in total. The van der Waals surface area contributed by atoms with E-state index in [0.717, 1.165) is 5.56 Å². The highest BCUT2D eigenvalue weighted by atomic mass is 32.2. The van der Waals surface area contributed by atoms with Crippen LogP contribution >= 0.6 is 0 Å². The van der Waals surface area contributed by atoms with Crippen molar-refractivity contribution in [3.63, 3.8) is 0 Å². The van der Waals surface area contributed by atoms with E-state index in [4.69, 9.17) is 4.74 Å². The molecule has 29 heavy (non-hydrogen) atoms. The van der Waals surface area contributed by atoms with Gasteiger partial charge in [-0.1, -0.05) is 30.3 Å². The number of Topliss-reactive ketones (excluding diaryl/α,β-unsaturated/α-hetero) is 1.